The van der Waals surface area contributed by atoms with Crippen molar-refractivity contribution in [3.8, 4) is 0 Å². The minimum absolute atomic E-state index is 0.163. The van der Waals surface area contributed by atoms with Gasteiger partial charge >= 0.3 is 6.18 Å². The average Bonchev–Trinajstić information content (AvgIpc) is 2.63. The molecule has 1 aliphatic heterocycles. The van der Waals surface area contributed by atoms with Crippen molar-refractivity contribution in [3.63, 3.8) is 0 Å². The smallest absolute Gasteiger partial charge is 0.305 e. The van der Waals surface area contributed by atoms with Crippen LogP contribution in [0, 0.1) is 0 Å². The summed E-state index contributed by atoms with van der Waals surface area (Å²) in [7, 11) is 0. The number of hydrogen-bond acceptors (Lipinski definition) is 2. The molecular formula is C13H11BrF3NO2. The number of ketones is 1. The molecule has 0 saturated carbocycles. The number of anilines is 1. The van der Waals surface area contributed by atoms with E-state index in [4.69, 9.17) is 0 Å². The Balaban J connectivity index is 2.32. The molecule has 0 spiro atoms. The fourth-order valence-corrected chi connectivity index (χ4v) is 2.46. The third-order valence-electron chi connectivity index (χ3n) is 3.06. The van der Waals surface area contributed by atoms with Gasteiger partial charge in [-0.3, -0.25) is 9.59 Å². The Labute approximate surface area is 121 Å². The summed E-state index contributed by atoms with van der Waals surface area (Å²) in [5.74, 6) is -1.63. The van der Waals surface area contributed by atoms with Crippen LogP contribution in [0.5, 0.6) is 0 Å². The Bertz CT molecular complexity index is 557. The Morgan fingerprint density at radius 3 is 2.45 bits per heavy atom. The quantitative estimate of drug-likeness (QED) is 0.474. The Kier molecular flexibility index (Phi) is 4.17. The number of unbranched alkanes of at least 4 members (excludes halogenated alkanes) is 1. The molecule has 0 N–H and O–H groups in total. The standard InChI is InChI=1S/C13H11BrF3NO2/c14-5-1-2-6-18-10-4-3-8(13(15,16)17)7-9(10)11(19)12(18)20/h3-4,7H,1-2,5-6H2. The molecule has 1 amide bonds. The van der Waals surface area contributed by atoms with Gasteiger partial charge in [0.05, 0.1) is 16.8 Å². The number of rotatable bonds is 4. The summed E-state index contributed by atoms with van der Waals surface area (Å²) < 4.78 is 37.8. The maximum Gasteiger partial charge on any atom is 0.416 e. The van der Waals surface area contributed by atoms with Crippen LogP contribution in [0.1, 0.15) is 28.8 Å². The second-order valence-electron chi connectivity index (χ2n) is 4.41. The van der Waals surface area contributed by atoms with Gasteiger partial charge in [0, 0.05) is 11.9 Å². The molecule has 0 aromatic heterocycles. The number of carbonyl (C=O) groups excluding carboxylic acids is 2. The molecule has 0 saturated heterocycles. The van der Waals surface area contributed by atoms with E-state index in [0.29, 0.717) is 13.0 Å². The van der Waals surface area contributed by atoms with Gasteiger partial charge in [-0.25, -0.2) is 0 Å². The Hall–Kier alpha value is -1.37. The maximum atomic E-state index is 12.6. The molecule has 0 bridgehead atoms. The van der Waals surface area contributed by atoms with Crippen LogP contribution in [0.2, 0.25) is 0 Å². The van der Waals surface area contributed by atoms with Crippen molar-refractivity contribution >= 4 is 33.3 Å². The average molecular weight is 350 g/mol. The van der Waals surface area contributed by atoms with Crippen molar-refractivity contribution in [1.29, 1.82) is 0 Å². The summed E-state index contributed by atoms with van der Waals surface area (Å²) in [5, 5.41) is 0.767. The third kappa shape index (κ3) is 2.72. The first-order valence-electron chi connectivity index (χ1n) is 5.99. The van der Waals surface area contributed by atoms with Crippen LogP contribution < -0.4 is 4.90 Å². The van der Waals surface area contributed by atoms with E-state index >= 15 is 0 Å². The number of nitrogens with zero attached hydrogens (tertiary/aromatic N) is 1. The molecule has 1 aromatic carbocycles. The first-order valence-corrected chi connectivity index (χ1v) is 7.12. The van der Waals surface area contributed by atoms with Gasteiger partial charge in [-0.2, -0.15) is 13.2 Å². The van der Waals surface area contributed by atoms with Gasteiger partial charge in [-0.15, -0.1) is 0 Å². The van der Waals surface area contributed by atoms with Crippen molar-refractivity contribution in [2.75, 3.05) is 16.8 Å². The lowest BCUT2D eigenvalue weighted by molar-refractivity contribution is -0.137. The van der Waals surface area contributed by atoms with Gasteiger partial charge in [0.25, 0.3) is 11.7 Å². The lowest BCUT2D eigenvalue weighted by Crippen LogP contribution is -2.30. The number of halogens is 4. The second-order valence-corrected chi connectivity index (χ2v) is 5.20. The molecule has 1 heterocycles. The molecule has 3 nitrogen and oxygen atoms in total. The van der Waals surface area contributed by atoms with Crippen molar-refractivity contribution in [1.82, 2.24) is 0 Å². The highest BCUT2D eigenvalue weighted by Gasteiger charge is 2.38. The van der Waals surface area contributed by atoms with Crippen LogP contribution >= 0.6 is 15.9 Å². The lowest BCUT2D eigenvalue weighted by Gasteiger charge is -2.16. The summed E-state index contributed by atoms with van der Waals surface area (Å²) in [6, 6.07) is 2.83. The molecule has 108 valence electrons. The van der Waals surface area contributed by atoms with E-state index in [1.165, 1.54) is 11.0 Å². The highest BCUT2D eigenvalue weighted by Crippen LogP contribution is 2.36. The molecular weight excluding hydrogens is 339 g/mol. The topological polar surface area (TPSA) is 37.4 Å². The minimum Gasteiger partial charge on any atom is -0.305 e. The number of amides is 1. The first-order chi connectivity index (χ1) is 9.36. The predicted octanol–water partition coefficient (Wildman–Crippen LogP) is 3.41. The Morgan fingerprint density at radius 2 is 1.85 bits per heavy atom. The second kappa shape index (κ2) is 5.55. The van der Waals surface area contributed by atoms with E-state index in [-0.39, 0.29) is 11.3 Å². The molecule has 1 aromatic rings. The number of benzene rings is 1. The van der Waals surface area contributed by atoms with Crippen LogP contribution in [0.25, 0.3) is 0 Å². The normalized spacial score (nSPS) is 14.9. The van der Waals surface area contributed by atoms with Gasteiger partial charge in [-0.1, -0.05) is 15.9 Å². The Morgan fingerprint density at radius 1 is 1.15 bits per heavy atom. The van der Waals surface area contributed by atoms with Crippen LogP contribution in [0.3, 0.4) is 0 Å². The van der Waals surface area contributed by atoms with Crippen LogP contribution in [-0.2, 0) is 11.0 Å². The van der Waals surface area contributed by atoms with Crippen molar-refractivity contribution in [2.24, 2.45) is 0 Å². The van der Waals surface area contributed by atoms with Crippen LogP contribution in [-0.4, -0.2) is 23.6 Å². The van der Waals surface area contributed by atoms with Gasteiger partial charge in [-0.05, 0) is 31.0 Å². The molecule has 0 unspecified atom stereocenters. The highest BCUT2D eigenvalue weighted by atomic mass is 79.9. The summed E-state index contributed by atoms with van der Waals surface area (Å²) >= 11 is 3.25. The van der Waals surface area contributed by atoms with E-state index in [9.17, 15) is 22.8 Å². The van der Waals surface area contributed by atoms with Crippen molar-refractivity contribution in [2.45, 2.75) is 19.0 Å². The number of fused-ring (bicyclic) bond motifs is 1. The molecule has 1 aliphatic rings. The zero-order valence-electron chi connectivity index (χ0n) is 10.3. The number of carbonyl (C=O) groups is 2. The molecule has 0 radical (unpaired) electrons. The fraction of sp³-hybridized carbons (Fsp3) is 0.385. The van der Waals surface area contributed by atoms with E-state index in [0.717, 1.165) is 23.9 Å². The van der Waals surface area contributed by atoms with E-state index < -0.39 is 23.4 Å². The highest BCUT2D eigenvalue weighted by molar-refractivity contribution is 9.09. The van der Waals surface area contributed by atoms with Crippen molar-refractivity contribution in [3.05, 3.63) is 29.3 Å². The van der Waals surface area contributed by atoms with E-state index in [1.807, 2.05) is 0 Å². The fourth-order valence-electron chi connectivity index (χ4n) is 2.06. The first kappa shape index (κ1) is 15.0. The summed E-state index contributed by atoms with van der Waals surface area (Å²) in [6.07, 6.45) is -3.04. The minimum atomic E-state index is -4.53. The summed E-state index contributed by atoms with van der Waals surface area (Å²) in [4.78, 5) is 24.8. The molecule has 0 aliphatic carbocycles. The largest absolute Gasteiger partial charge is 0.416 e. The molecule has 7 heteroatoms. The summed E-state index contributed by atoms with van der Waals surface area (Å²) in [6.45, 7) is 0.328. The zero-order chi connectivity index (χ0) is 14.9. The number of Topliss-reactive ketones (excluding diaryl/α,β-unsaturated/α-hetero) is 1. The third-order valence-corrected chi connectivity index (χ3v) is 3.62. The van der Waals surface area contributed by atoms with Gasteiger partial charge < -0.3 is 4.90 Å². The lowest BCUT2D eigenvalue weighted by atomic mass is 10.1. The molecule has 0 fully saturated rings. The van der Waals surface area contributed by atoms with E-state index in [2.05, 4.69) is 15.9 Å². The molecule has 0 atom stereocenters. The molecule has 20 heavy (non-hydrogen) atoms. The van der Waals surface area contributed by atoms with Gasteiger partial charge in [0.15, 0.2) is 0 Å². The monoisotopic (exact) mass is 349 g/mol. The molecule has 2 rings (SSSR count). The SMILES string of the molecule is O=C1C(=O)N(CCCCBr)c2ccc(C(F)(F)F)cc21. The zero-order valence-corrected chi connectivity index (χ0v) is 11.9. The maximum absolute atomic E-state index is 12.6. The van der Waals surface area contributed by atoms with E-state index in [1.54, 1.807) is 0 Å². The van der Waals surface area contributed by atoms with Crippen LogP contribution in [0.4, 0.5) is 18.9 Å². The summed E-state index contributed by atoms with van der Waals surface area (Å²) in [5.41, 5.74) is -0.814. The van der Waals surface area contributed by atoms with Crippen LogP contribution in [0.15, 0.2) is 18.2 Å². The van der Waals surface area contributed by atoms with Gasteiger partial charge in [0.2, 0.25) is 0 Å². The number of alkyl halides is 4. The van der Waals surface area contributed by atoms with Gasteiger partial charge in [0.1, 0.15) is 0 Å². The van der Waals surface area contributed by atoms with Crippen molar-refractivity contribution < 1.29 is 22.8 Å². The predicted molar refractivity (Wildman–Crippen MR) is 71.2 cm³/mol. The number of hydrogen-bond donors (Lipinski definition) is 0.